The van der Waals surface area contributed by atoms with E-state index in [2.05, 4.69) is 15.0 Å². The van der Waals surface area contributed by atoms with Gasteiger partial charge in [0.1, 0.15) is 0 Å². The van der Waals surface area contributed by atoms with Gasteiger partial charge in [0, 0.05) is 38.6 Å². The van der Waals surface area contributed by atoms with Gasteiger partial charge in [-0.25, -0.2) is 4.72 Å². The Morgan fingerprint density at radius 3 is 2.75 bits per heavy atom. The van der Waals surface area contributed by atoms with Gasteiger partial charge in [-0.3, -0.25) is 4.98 Å². The summed E-state index contributed by atoms with van der Waals surface area (Å²) < 4.78 is 27.9. The minimum Gasteiger partial charge on any atom is -0.313 e. The molecule has 1 saturated heterocycles. The molecule has 0 bridgehead atoms. The fourth-order valence-corrected chi connectivity index (χ4v) is 3.49. The molecular formula is C13H22N4O2S. The van der Waals surface area contributed by atoms with Crippen LogP contribution in [0.3, 0.4) is 0 Å². The zero-order chi connectivity index (χ0) is 14.3. The van der Waals surface area contributed by atoms with E-state index >= 15 is 0 Å². The summed E-state index contributed by atoms with van der Waals surface area (Å²) >= 11 is 0. The Labute approximate surface area is 120 Å². The van der Waals surface area contributed by atoms with Crippen molar-refractivity contribution in [1.82, 2.24) is 19.3 Å². The Morgan fingerprint density at radius 2 is 2.05 bits per heavy atom. The second-order valence-corrected chi connectivity index (χ2v) is 6.65. The van der Waals surface area contributed by atoms with E-state index in [4.69, 9.17) is 0 Å². The SMILES string of the molecule is O=S(=O)(NCCCNCc1cccnc1)N1CCCC1. The van der Waals surface area contributed by atoms with E-state index in [-0.39, 0.29) is 0 Å². The summed E-state index contributed by atoms with van der Waals surface area (Å²) in [6, 6.07) is 3.91. The molecule has 112 valence electrons. The second kappa shape index (κ2) is 7.68. The molecule has 1 aromatic rings. The number of rotatable bonds is 8. The number of nitrogens with one attached hydrogen (secondary N) is 2. The molecule has 6 nitrogen and oxygen atoms in total. The van der Waals surface area contributed by atoms with Crippen LogP contribution in [0.5, 0.6) is 0 Å². The van der Waals surface area contributed by atoms with Gasteiger partial charge in [-0.15, -0.1) is 0 Å². The van der Waals surface area contributed by atoms with Crippen LogP contribution in [0.15, 0.2) is 24.5 Å². The monoisotopic (exact) mass is 298 g/mol. The maximum Gasteiger partial charge on any atom is 0.279 e. The minimum absolute atomic E-state index is 0.471. The molecule has 0 unspecified atom stereocenters. The molecular weight excluding hydrogens is 276 g/mol. The van der Waals surface area contributed by atoms with Crippen LogP contribution in [0.2, 0.25) is 0 Å². The van der Waals surface area contributed by atoms with E-state index in [0.29, 0.717) is 19.6 Å². The third kappa shape index (κ3) is 4.82. The van der Waals surface area contributed by atoms with Crippen LogP contribution in [0.4, 0.5) is 0 Å². The minimum atomic E-state index is -3.25. The molecule has 0 atom stereocenters. The molecule has 2 N–H and O–H groups in total. The molecule has 1 fully saturated rings. The fourth-order valence-electron chi connectivity index (χ4n) is 2.17. The van der Waals surface area contributed by atoms with Gasteiger partial charge in [-0.1, -0.05) is 6.07 Å². The van der Waals surface area contributed by atoms with E-state index in [1.165, 1.54) is 4.31 Å². The van der Waals surface area contributed by atoms with Crippen molar-refractivity contribution in [3.63, 3.8) is 0 Å². The zero-order valence-corrected chi connectivity index (χ0v) is 12.4. The number of hydrogen-bond donors (Lipinski definition) is 2. The lowest BCUT2D eigenvalue weighted by molar-refractivity contribution is 0.463. The van der Waals surface area contributed by atoms with Crippen LogP contribution >= 0.6 is 0 Å². The van der Waals surface area contributed by atoms with Gasteiger partial charge in [-0.2, -0.15) is 12.7 Å². The van der Waals surface area contributed by atoms with Crippen molar-refractivity contribution in [2.24, 2.45) is 0 Å². The second-order valence-electron chi connectivity index (χ2n) is 4.90. The van der Waals surface area contributed by atoms with Crippen molar-refractivity contribution in [2.75, 3.05) is 26.2 Å². The van der Waals surface area contributed by atoms with E-state index in [1.807, 2.05) is 18.3 Å². The summed E-state index contributed by atoms with van der Waals surface area (Å²) in [7, 11) is -3.25. The highest BCUT2D eigenvalue weighted by molar-refractivity contribution is 7.87. The first-order chi connectivity index (χ1) is 9.68. The van der Waals surface area contributed by atoms with Crippen LogP contribution in [-0.2, 0) is 16.8 Å². The molecule has 1 aromatic heterocycles. The highest BCUT2D eigenvalue weighted by atomic mass is 32.2. The van der Waals surface area contributed by atoms with Gasteiger partial charge in [0.05, 0.1) is 0 Å². The van der Waals surface area contributed by atoms with Crippen molar-refractivity contribution in [2.45, 2.75) is 25.8 Å². The molecule has 0 aliphatic carbocycles. The van der Waals surface area contributed by atoms with Crippen molar-refractivity contribution in [3.05, 3.63) is 30.1 Å². The molecule has 7 heteroatoms. The molecule has 0 amide bonds. The lowest BCUT2D eigenvalue weighted by Crippen LogP contribution is -2.39. The predicted octanol–water partition coefficient (Wildman–Crippen LogP) is 0.491. The summed E-state index contributed by atoms with van der Waals surface area (Å²) in [5.74, 6) is 0. The average Bonchev–Trinajstić information content (AvgIpc) is 2.99. The Kier molecular flexibility index (Phi) is 5.90. The molecule has 0 spiro atoms. The Hall–Kier alpha value is -1.02. The summed E-state index contributed by atoms with van der Waals surface area (Å²) in [4.78, 5) is 4.04. The van der Waals surface area contributed by atoms with Crippen LogP contribution in [0, 0.1) is 0 Å². The van der Waals surface area contributed by atoms with Gasteiger partial charge in [0.15, 0.2) is 0 Å². The highest BCUT2D eigenvalue weighted by Crippen LogP contribution is 2.10. The molecule has 2 rings (SSSR count). The van der Waals surface area contributed by atoms with Crippen LogP contribution in [-0.4, -0.2) is 43.9 Å². The van der Waals surface area contributed by atoms with Gasteiger partial charge >= 0.3 is 0 Å². The molecule has 2 heterocycles. The Bertz CT molecular complexity index is 486. The van der Waals surface area contributed by atoms with Crippen molar-refractivity contribution >= 4 is 10.2 Å². The van der Waals surface area contributed by atoms with Gasteiger partial charge < -0.3 is 5.32 Å². The zero-order valence-electron chi connectivity index (χ0n) is 11.6. The van der Waals surface area contributed by atoms with Gasteiger partial charge in [-0.05, 0) is 37.4 Å². The lowest BCUT2D eigenvalue weighted by atomic mass is 10.3. The number of hydrogen-bond acceptors (Lipinski definition) is 4. The van der Waals surface area contributed by atoms with E-state index in [9.17, 15) is 8.42 Å². The maximum absolute atomic E-state index is 11.9. The lowest BCUT2D eigenvalue weighted by Gasteiger charge is -2.16. The summed E-state index contributed by atoms with van der Waals surface area (Å²) in [5, 5.41) is 3.27. The van der Waals surface area contributed by atoms with E-state index < -0.39 is 10.2 Å². The average molecular weight is 298 g/mol. The third-order valence-corrected chi connectivity index (χ3v) is 4.89. The van der Waals surface area contributed by atoms with E-state index in [1.54, 1.807) is 6.20 Å². The number of nitrogens with zero attached hydrogens (tertiary/aromatic N) is 2. The smallest absolute Gasteiger partial charge is 0.279 e. The third-order valence-electron chi connectivity index (χ3n) is 3.27. The van der Waals surface area contributed by atoms with Gasteiger partial charge in [0.2, 0.25) is 0 Å². The molecule has 20 heavy (non-hydrogen) atoms. The van der Waals surface area contributed by atoms with Crippen LogP contribution in [0.1, 0.15) is 24.8 Å². The van der Waals surface area contributed by atoms with Crippen molar-refractivity contribution in [3.8, 4) is 0 Å². The van der Waals surface area contributed by atoms with Crippen molar-refractivity contribution < 1.29 is 8.42 Å². The summed E-state index contributed by atoms with van der Waals surface area (Å²) in [6.45, 7) is 3.30. The van der Waals surface area contributed by atoms with E-state index in [0.717, 1.165) is 37.9 Å². The first-order valence-corrected chi connectivity index (χ1v) is 8.47. The molecule has 0 aromatic carbocycles. The molecule has 0 radical (unpaired) electrons. The largest absolute Gasteiger partial charge is 0.313 e. The number of pyridine rings is 1. The standard InChI is InChI=1S/C13H22N4O2S/c18-20(19,17-9-1-2-10-17)16-8-4-7-15-12-13-5-3-6-14-11-13/h3,5-6,11,15-16H,1-2,4,7-10,12H2. The Balaban J connectivity index is 1.57. The first kappa shape index (κ1) is 15.4. The Morgan fingerprint density at radius 1 is 1.25 bits per heavy atom. The van der Waals surface area contributed by atoms with Gasteiger partial charge in [0.25, 0.3) is 10.2 Å². The van der Waals surface area contributed by atoms with Crippen LogP contribution < -0.4 is 10.0 Å². The molecule has 0 saturated carbocycles. The number of aromatic nitrogens is 1. The predicted molar refractivity (Wildman–Crippen MR) is 78.3 cm³/mol. The fraction of sp³-hybridized carbons (Fsp3) is 0.615. The summed E-state index contributed by atoms with van der Waals surface area (Å²) in [5.41, 5.74) is 1.13. The maximum atomic E-state index is 11.9. The topological polar surface area (TPSA) is 74.3 Å². The highest BCUT2D eigenvalue weighted by Gasteiger charge is 2.24. The molecule has 1 aliphatic heterocycles. The molecule has 1 aliphatic rings. The van der Waals surface area contributed by atoms with Crippen molar-refractivity contribution in [1.29, 1.82) is 0 Å². The van der Waals surface area contributed by atoms with Crippen LogP contribution in [0.25, 0.3) is 0 Å². The quantitative estimate of drug-likeness (QED) is 0.685. The summed E-state index contributed by atoms with van der Waals surface area (Å²) in [6.07, 6.45) is 6.27. The first-order valence-electron chi connectivity index (χ1n) is 7.03. The normalized spacial score (nSPS) is 16.6.